The molecule has 2 unspecified atom stereocenters. The van der Waals surface area contributed by atoms with E-state index < -0.39 is 17.6 Å². The van der Waals surface area contributed by atoms with Crippen LogP contribution in [0.25, 0.3) is 0 Å². The van der Waals surface area contributed by atoms with Crippen molar-refractivity contribution in [2.45, 2.75) is 25.8 Å². The first-order valence-corrected chi connectivity index (χ1v) is 6.38. The molecule has 1 saturated heterocycles. The van der Waals surface area contributed by atoms with E-state index in [1.54, 1.807) is 0 Å². The predicted octanol–water partition coefficient (Wildman–Crippen LogP) is 2.82. The highest BCUT2D eigenvalue weighted by atomic mass is 19.1. The number of carboxylic acids is 1. The number of carbonyl (C=O) groups is 1. The molecule has 1 aromatic carbocycles. The summed E-state index contributed by atoms with van der Waals surface area (Å²) in [7, 11) is 0. The molecule has 19 heavy (non-hydrogen) atoms. The van der Waals surface area contributed by atoms with Crippen molar-refractivity contribution in [1.82, 2.24) is 4.90 Å². The monoisotopic (exact) mass is 269 g/mol. The number of halogens is 2. The van der Waals surface area contributed by atoms with Gasteiger partial charge < -0.3 is 5.11 Å². The first-order valence-electron chi connectivity index (χ1n) is 6.38. The zero-order valence-electron chi connectivity index (χ0n) is 10.8. The highest BCUT2D eigenvalue weighted by Gasteiger charge is 2.29. The van der Waals surface area contributed by atoms with Gasteiger partial charge in [-0.2, -0.15) is 0 Å². The fourth-order valence-corrected chi connectivity index (χ4v) is 2.66. The normalized spacial score (nSPS) is 21.5. The van der Waals surface area contributed by atoms with Crippen molar-refractivity contribution in [2.24, 2.45) is 5.92 Å². The molecular weight excluding hydrogens is 252 g/mol. The highest BCUT2D eigenvalue weighted by molar-refractivity contribution is 5.67. The van der Waals surface area contributed by atoms with Gasteiger partial charge >= 0.3 is 5.97 Å². The van der Waals surface area contributed by atoms with Gasteiger partial charge in [0.05, 0.1) is 0 Å². The molecule has 0 amide bonds. The SMILES string of the molecule is CC(c1cc(F)ccc1F)N1CCC(CC(=O)O)C1. The largest absolute Gasteiger partial charge is 0.481 e. The fourth-order valence-electron chi connectivity index (χ4n) is 2.66. The molecule has 0 saturated carbocycles. The Balaban J connectivity index is 2.06. The Morgan fingerprint density at radius 2 is 2.26 bits per heavy atom. The van der Waals surface area contributed by atoms with E-state index in [9.17, 15) is 13.6 Å². The third-order valence-corrected chi connectivity index (χ3v) is 3.74. The summed E-state index contributed by atoms with van der Waals surface area (Å²) in [6, 6.07) is 3.20. The molecular formula is C14H17F2NO2. The van der Waals surface area contributed by atoms with E-state index in [-0.39, 0.29) is 18.4 Å². The second-order valence-corrected chi connectivity index (χ2v) is 5.09. The van der Waals surface area contributed by atoms with Gasteiger partial charge in [-0.1, -0.05) is 0 Å². The van der Waals surface area contributed by atoms with Crippen LogP contribution in [0.4, 0.5) is 8.78 Å². The molecule has 1 aromatic rings. The van der Waals surface area contributed by atoms with Gasteiger partial charge in [-0.15, -0.1) is 0 Å². The molecule has 0 aromatic heterocycles. The minimum atomic E-state index is -0.809. The van der Waals surface area contributed by atoms with Crippen LogP contribution < -0.4 is 0 Å². The smallest absolute Gasteiger partial charge is 0.303 e. The van der Waals surface area contributed by atoms with Gasteiger partial charge in [0.15, 0.2) is 0 Å². The highest BCUT2D eigenvalue weighted by Crippen LogP contribution is 2.30. The average molecular weight is 269 g/mol. The maximum atomic E-state index is 13.7. The molecule has 2 atom stereocenters. The lowest BCUT2D eigenvalue weighted by Gasteiger charge is -2.25. The van der Waals surface area contributed by atoms with Crippen molar-refractivity contribution in [2.75, 3.05) is 13.1 Å². The summed E-state index contributed by atoms with van der Waals surface area (Å²) in [5.74, 6) is -1.59. The van der Waals surface area contributed by atoms with E-state index >= 15 is 0 Å². The molecule has 1 N–H and O–H groups in total. The van der Waals surface area contributed by atoms with Crippen LogP contribution in [0.5, 0.6) is 0 Å². The molecule has 1 fully saturated rings. The second kappa shape index (κ2) is 5.65. The van der Waals surface area contributed by atoms with E-state index in [2.05, 4.69) is 0 Å². The number of hydrogen-bond acceptors (Lipinski definition) is 2. The number of likely N-dealkylation sites (tertiary alicyclic amines) is 1. The summed E-state index contributed by atoms with van der Waals surface area (Å²) in [5.41, 5.74) is 0.330. The molecule has 3 nitrogen and oxygen atoms in total. The van der Waals surface area contributed by atoms with Crippen LogP contribution in [0, 0.1) is 17.6 Å². The summed E-state index contributed by atoms with van der Waals surface area (Å²) in [6.45, 7) is 3.15. The van der Waals surface area contributed by atoms with Crippen molar-refractivity contribution in [1.29, 1.82) is 0 Å². The van der Waals surface area contributed by atoms with Crippen LogP contribution in [0.15, 0.2) is 18.2 Å². The van der Waals surface area contributed by atoms with Crippen molar-refractivity contribution < 1.29 is 18.7 Å². The zero-order chi connectivity index (χ0) is 14.0. The summed E-state index contributed by atoms with van der Waals surface area (Å²) < 4.78 is 26.9. The number of benzene rings is 1. The van der Waals surface area contributed by atoms with Gasteiger partial charge in [0, 0.05) is 24.6 Å². The Kier molecular flexibility index (Phi) is 4.14. The Bertz CT molecular complexity index is 479. The maximum Gasteiger partial charge on any atom is 0.303 e. The van der Waals surface area contributed by atoms with Crippen molar-refractivity contribution >= 4 is 5.97 Å². The summed E-state index contributed by atoms with van der Waals surface area (Å²) in [6.07, 6.45) is 0.919. The quantitative estimate of drug-likeness (QED) is 0.913. The topological polar surface area (TPSA) is 40.5 Å². The van der Waals surface area contributed by atoms with Gasteiger partial charge in [0.2, 0.25) is 0 Å². The van der Waals surface area contributed by atoms with Gasteiger partial charge in [0.1, 0.15) is 11.6 Å². The van der Waals surface area contributed by atoms with Crippen LogP contribution in [-0.4, -0.2) is 29.1 Å². The lowest BCUT2D eigenvalue weighted by Crippen LogP contribution is -2.25. The second-order valence-electron chi connectivity index (χ2n) is 5.09. The molecule has 0 spiro atoms. The minimum absolute atomic E-state index is 0.0940. The number of hydrogen-bond donors (Lipinski definition) is 1. The molecule has 5 heteroatoms. The molecule has 1 aliphatic rings. The standard InChI is InChI=1S/C14H17F2NO2/c1-9(12-7-11(15)2-3-13(12)16)17-5-4-10(8-17)6-14(18)19/h2-3,7,9-10H,4-6,8H2,1H3,(H,18,19). The molecule has 0 radical (unpaired) electrons. The first kappa shape index (κ1) is 13.9. The molecule has 0 bridgehead atoms. The van der Waals surface area contributed by atoms with E-state index in [1.165, 1.54) is 6.07 Å². The van der Waals surface area contributed by atoms with E-state index in [0.29, 0.717) is 12.1 Å². The average Bonchev–Trinajstić information content (AvgIpc) is 2.79. The van der Waals surface area contributed by atoms with Gasteiger partial charge in [0.25, 0.3) is 0 Å². The van der Waals surface area contributed by atoms with Crippen molar-refractivity contribution in [3.8, 4) is 0 Å². The predicted molar refractivity (Wildman–Crippen MR) is 66.7 cm³/mol. The van der Waals surface area contributed by atoms with Crippen LogP contribution >= 0.6 is 0 Å². The zero-order valence-corrected chi connectivity index (χ0v) is 10.8. The van der Waals surface area contributed by atoms with Crippen LogP contribution in [-0.2, 0) is 4.79 Å². The van der Waals surface area contributed by atoms with Crippen LogP contribution in [0.3, 0.4) is 0 Å². The molecule has 104 valence electrons. The van der Waals surface area contributed by atoms with Crippen LogP contribution in [0.1, 0.15) is 31.4 Å². The fraction of sp³-hybridized carbons (Fsp3) is 0.500. The number of nitrogens with zero attached hydrogens (tertiary/aromatic N) is 1. The molecule has 0 aliphatic carbocycles. The molecule has 1 heterocycles. The van der Waals surface area contributed by atoms with Crippen molar-refractivity contribution in [3.63, 3.8) is 0 Å². The summed E-state index contributed by atoms with van der Waals surface area (Å²) >= 11 is 0. The molecule has 2 rings (SSSR count). The van der Waals surface area contributed by atoms with E-state index in [4.69, 9.17) is 5.11 Å². The van der Waals surface area contributed by atoms with Crippen LogP contribution in [0.2, 0.25) is 0 Å². The maximum absolute atomic E-state index is 13.7. The lowest BCUT2D eigenvalue weighted by molar-refractivity contribution is -0.138. The summed E-state index contributed by atoms with van der Waals surface area (Å²) in [4.78, 5) is 12.7. The van der Waals surface area contributed by atoms with E-state index in [0.717, 1.165) is 25.1 Å². The van der Waals surface area contributed by atoms with E-state index in [1.807, 2.05) is 11.8 Å². The number of carboxylic acid groups (broad SMARTS) is 1. The third kappa shape index (κ3) is 3.29. The van der Waals surface area contributed by atoms with Gasteiger partial charge in [-0.25, -0.2) is 8.78 Å². The summed E-state index contributed by atoms with van der Waals surface area (Å²) in [5, 5.41) is 8.77. The van der Waals surface area contributed by atoms with Gasteiger partial charge in [-0.05, 0) is 44.0 Å². The lowest BCUT2D eigenvalue weighted by atomic mass is 10.0. The Morgan fingerprint density at radius 3 is 2.95 bits per heavy atom. The Hall–Kier alpha value is -1.49. The van der Waals surface area contributed by atoms with Gasteiger partial charge in [-0.3, -0.25) is 9.69 Å². The number of rotatable bonds is 4. The minimum Gasteiger partial charge on any atom is -0.481 e. The third-order valence-electron chi connectivity index (χ3n) is 3.74. The Morgan fingerprint density at radius 1 is 1.53 bits per heavy atom. The molecule has 1 aliphatic heterocycles. The first-order chi connectivity index (χ1) is 8.97. The van der Waals surface area contributed by atoms with Crippen molar-refractivity contribution in [3.05, 3.63) is 35.4 Å². The Labute approximate surface area is 110 Å². The number of aliphatic carboxylic acids is 1.